The Balaban J connectivity index is 0.000000511. The molecule has 0 aromatic carbocycles. The highest BCUT2D eigenvalue weighted by molar-refractivity contribution is 9.09. The summed E-state index contributed by atoms with van der Waals surface area (Å²) >= 11 is 5.88. The summed E-state index contributed by atoms with van der Waals surface area (Å²) in [5.74, 6) is -1.75. The molecule has 1 amide bonds. The van der Waals surface area contributed by atoms with E-state index in [0.717, 1.165) is 0 Å². The largest absolute Gasteiger partial charge is 0.479 e. The van der Waals surface area contributed by atoms with E-state index in [0.29, 0.717) is 17.1 Å². The Bertz CT molecular complexity index is 1000. The van der Waals surface area contributed by atoms with Crippen LogP contribution < -0.4 is 11.1 Å². The predicted octanol–water partition coefficient (Wildman–Crippen LogP) is 1.79. The van der Waals surface area contributed by atoms with Crippen LogP contribution in [0.2, 0.25) is 0 Å². The molecule has 2 atom stereocenters. The van der Waals surface area contributed by atoms with Crippen molar-refractivity contribution in [2.75, 3.05) is 21.7 Å². The normalized spacial score (nSPS) is 13.1. The van der Waals surface area contributed by atoms with Crippen molar-refractivity contribution >= 4 is 55.1 Å². The lowest BCUT2D eigenvalue weighted by molar-refractivity contribution is -0.154. The lowest BCUT2D eigenvalue weighted by atomic mass is 10.1. The number of carbonyl (C=O) groups excluding carboxylic acids is 1. The average molecular weight is 586 g/mol. The van der Waals surface area contributed by atoms with Gasteiger partial charge in [-0.1, -0.05) is 31.9 Å². The molecule has 2 rings (SSSR count). The first kappa shape index (κ1) is 29.9. The van der Waals surface area contributed by atoms with E-state index in [4.69, 9.17) is 26.5 Å². The number of alkyl halides is 2. The van der Waals surface area contributed by atoms with Crippen LogP contribution in [0.4, 0.5) is 11.4 Å². The molecule has 2 heterocycles. The average Bonchev–Trinajstić information content (AvgIpc) is 2.80. The van der Waals surface area contributed by atoms with E-state index >= 15 is 0 Å². The SMILES string of the molecule is C[C@](O)(CBr)C(=O)Nc1ccc(C#N)nc1.C[C@](O)(CBr)C(=O)O.N#Cc1ccc(N)cn1. The van der Waals surface area contributed by atoms with Gasteiger partial charge in [0.15, 0.2) is 5.60 Å². The Labute approximate surface area is 207 Å². The third kappa shape index (κ3) is 11.4. The number of nitrogens with two attached hydrogens (primary N) is 1. The quantitative estimate of drug-likeness (QED) is 0.321. The maximum absolute atomic E-state index is 11.5. The molecular weight excluding hydrogens is 564 g/mol. The number of carboxylic acid groups (broad SMARTS) is 1. The second kappa shape index (κ2) is 14.1. The first-order valence-electron chi connectivity index (χ1n) is 8.92. The number of rotatable bonds is 5. The van der Waals surface area contributed by atoms with Crippen LogP contribution in [0.1, 0.15) is 25.2 Å². The molecule has 176 valence electrons. The van der Waals surface area contributed by atoms with Gasteiger partial charge in [-0.3, -0.25) is 4.79 Å². The molecule has 6 N–H and O–H groups in total. The summed E-state index contributed by atoms with van der Waals surface area (Å²) in [6, 6.07) is 10.0. The molecule has 13 heteroatoms. The molecule has 0 radical (unpaired) electrons. The molecule has 0 saturated heterocycles. The minimum absolute atomic E-state index is 0.0509. The highest BCUT2D eigenvalue weighted by atomic mass is 79.9. The number of pyridine rings is 2. The number of aliphatic carboxylic acids is 1. The molecule has 0 aliphatic rings. The van der Waals surface area contributed by atoms with Gasteiger partial charge in [-0.05, 0) is 38.1 Å². The van der Waals surface area contributed by atoms with Gasteiger partial charge in [-0.15, -0.1) is 0 Å². The van der Waals surface area contributed by atoms with Crippen molar-refractivity contribution in [3.8, 4) is 12.1 Å². The number of carboxylic acids is 1. The summed E-state index contributed by atoms with van der Waals surface area (Å²) in [6.07, 6.45) is 2.82. The Morgan fingerprint density at radius 2 is 1.48 bits per heavy atom. The first-order chi connectivity index (χ1) is 15.3. The van der Waals surface area contributed by atoms with E-state index in [1.807, 2.05) is 12.1 Å². The number of hydrogen-bond acceptors (Lipinski definition) is 9. The Kier molecular flexibility index (Phi) is 12.8. The highest BCUT2D eigenvalue weighted by Crippen LogP contribution is 2.12. The van der Waals surface area contributed by atoms with E-state index in [-0.39, 0.29) is 16.4 Å². The summed E-state index contributed by atoms with van der Waals surface area (Å²) in [6.45, 7) is 2.62. The molecule has 2 aromatic heterocycles. The van der Waals surface area contributed by atoms with Gasteiger partial charge in [0.25, 0.3) is 5.91 Å². The fraction of sp³-hybridized carbons (Fsp3) is 0.300. The van der Waals surface area contributed by atoms with Gasteiger partial charge in [0.05, 0.1) is 23.8 Å². The third-order valence-electron chi connectivity index (χ3n) is 3.51. The maximum Gasteiger partial charge on any atom is 0.336 e. The zero-order valence-corrected chi connectivity index (χ0v) is 20.8. The van der Waals surface area contributed by atoms with Gasteiger partial charge >= 0.3 is 5.97 Å². The maximum atomic E-state index is 11.5. The summed E-state index contributed by atoms with van der Waals surface area (Å²) in [4.78, 5) is 29.0. The number of anilines is 2. The number of aromatic nitrogens is 2. The summed E-state index contributed by atoms with van der Waals surface area (Å²) in [7, 11) is 0. The summed E-state index contributed by atoms with van der Waals surface area (Å²) in [5, 5.41) is 46.0. The smallest absolute Gasteiger partial charge is 0.336 e. The molecule has 0 aliphatic carbocycles. The van der Waals surface area contributed by atoms with Gasteiger partial charge in [0.2, 0.25) is 0 Å². The van der Waals surface area contributed by atoms with Crippen LogP contribution in [0.15, 0.2) is 36.7 Å². The van der Waals surface area contributed by atoms with Crippen LogP contribution >= 0.6 is 31.9 Å². The summed E-state index contributed by atoms with van der Waals surface area (Å²) < 4.78 is 0. The summed E-state index contributed by atoms with van der Waals surface area (Å²) in [5.41, 5.74) is 3.88. The number of amides is 1. The lowest BCUT2D eigenvalue weighted by Crippen LogP contribution is -2.41. The zero-order chi connectivity index (χ0) is 25.7. The van der Waals surface area contributed by atoms with E-state index in [2.05, 4.69) is 47.1 Å². The number of nitrogens with zero attached hydrogens (tertiary/aromatic N) is 4. The van der Waals surface area contributed by atoms with Crippen molar-refractivity contribution in [1.29, 1.82) is 10.5 Å². The van der Waals surface area contributed by atoms with Crippen molar-refractivity contribution < 1.29 is 24.9 Å². The minimum Gasteiger partial charge on any atom is -0.479 e. The van der Waals surface area contributed by atoms with Gasteiger partial charge < -0.3 is 26.4 Å². The van der Waals surface area contributed by atoms with Crippen molar-refractivity contribution in [1.82, 2.24) is 9.97 Å². The van der Waals surface area contributed by atoms with Crippen LogP contribution in [0, 0.1) is 22.7 Å². The van der Waals surface area contributed by atoms with E-state index in [9.17, 15) is 14.7 Å². The lowest BCUT2D eigenvalue weighted by Gasteiger charge is -2.19. The van der Waals surface area contributed by atoms with E-state index in [1.54, 1.807) is 18.2 Å². The first-order valence-corrected chi connectivity index (χ1v) is 11.2. The molecule has 0 spiro atoms. The fourth-order valence-electron chi connectivity index (χ4n) is 1.39. The molecule has 0 fully saturated rings. The fourth-order valence-corrected chi connectivity index (χ4v) is 1.88. The molecular formula is C20H22Br2N6O5. The number of nitriles is 2. The van der Waals surface area contributed by atoms with Gasteiger partial charge in [-0.2, -0.15) is 10.5 Å². The predicted molar refractivity (Wildman–Crippen MR) is 127 cm³/mol. The number of hydrogen-bond donors (Lipinski definition) is 5. The van der Waals surface area contributed by atoms with Crippen LogP contribution in [-0.2, 0) is 9.59 Å². The second-order valence-corrected chi connectivity index (χ2v) is 7.83. The molecule has 0 aliphatic heterocycles. The number of aliphatic hydroxyl groups is 2. The highest BCUT2D eigenvalue weighted by Gasteiger charge is 2.29. The van der Waals surface area contributed by atoms with Crippen LogP contribution in [0.5, 0.6) is 0 Å². The van der Waals surface area contributed by atoms with Crippen LogP contribution in [0.3, 0.4) is 0 Å². The number of carbonyl (C=O) groups is 2. The minimum atomic E-state index is -1.62. The molecule has 11 nitrogen and oxygen atoms in total. The topological polar surface area (TPSA) is 206 Å². The van der Waals surface area contributed by atoms with Crippen LogP contribution in [-0.4, -0.2) is 59.0 Å². The Morgan fingerprint density at radius 1 is 1.00 bits per heavy atom. The van der Waals surface area contributed by atoms with Gasteiger partial charge in [-0.25, -0.2) is 14.8 Å². The Hall–Kier alpha value is -3.10. The standard InChI is InChI=1S/C10H10BrN3O2.C6H5N3.C4H7BrO3/c1-10(16,6-11)9(15)14-8-3-2-7(4-12)13-5-8;7-3-6-2-1-5(8)4-9-6;1-4(8,2-5)3(6)7/h2-3,5,16H,6H2,1H3,(H,14,15);1-2,4H,8H2;8H,2H2,1H3,(H,6,7)/t10-;;4-/m0.0/s1. The molecule has 0 saturated carbocycles. The van der Waals surface area contributed by atoms with Gasteiger partial charge in [0, 0.05) is 10.7 Å². The van der Waals surface area contributed by atoms with Crippen molar-refractivity contribution in [3.63, 3.8) is 0 Å². The monoisotopic (exact) mass is 584 g/mol. The van der Waals surface area contributed by atoms with Crippen LogP contribution in [0.25, 0.3) is 0 Å². The third-order valence-corrected chi connectivity index (χ3v) is 5.69. The molecule has 0 bridgehead atoms. The van der Waals surface area contributed by atoms with Crippen molar-refractivity contribution in [2.24, 2.45) is 0 Å². The van der Waals surface area contributed by atoms with E-state index in [1.165, 1.54) is 32.3 Å². The zero-order valence-electron chi connectivity index (χ0n) is 17.7. The number of halogens is 2. The second-order valence-electron chi connectivity index (χ2n) is 6.71. The van der Waals surface area contributed by atoms with Crippen molar-refractivity contribution in [2.45, 2.75) is 25.0 Å². The molecule has 33 heavy (non-hydrogen) atoms. The van der Waals surface area contributed by atoms with Crippen molar-refractivity contribution in [3.05, 3.63) is 48.0 Å². The number of nitrogen functional groups attached to an aromatic ring is 1. The molecule has 0 unspecified atom stereocenters. The Morgan fingerprint density at radius 3 is 1.79 bits per heavy atom. The van der Waals surface area contributed by atoms with E-state index < -0.39 is 23.1 Å². The molecule has 2 aromatic rings. The van der Waals surface area contributed by atoms with Gasteiger partial charge in [0.1, 0.15) is 29.1 Å². The number of nitrogens with one attached hydrogen (secondary N) is 1.